The van der Waals surface area contributed by atoms with Gasteiger partial charge in [-0.25, -0.2) is 0 Å². The third kappa shape index (κ3) is 2.72. The highest BCUT2D eigenvalue weighted by Gasteiger charge is 2.53. The van der Waals surface area contributed by atoms with E-state index in [2.05, 4.69) is 5.16 Å². The number of hydrogen-bond acceptors (Lipinski definition) is 7. The van der Waals surface area contributed by atoms with Gasteiger partial charge in [0.15, 0.2) is 17.4 Å². The van der Waals surface area contributed by atoms with Gasteiger partial charge in [0.05, 0.1) is 22.5 Å². The largest absolute Gasteiger partial charge is 0.483 e. The minimum absolute atomic E-state index is 0.0622. The number of ketones is 1. The van der Waals surface area contributed by atoms with Crippen molar-refractivity contribution in [2.45, 2.75) is 44.8 Å². The number of Topliss-reactive ketones (excluding diaryl/α,β-unsaturated/α-hetero) is 1. The maximum Gasteiger partial charge on any atom is 0.295 e. The van der Waals surface area contributed by atoms with Gasteiger partial charge in [0.25, 0.3) is 11.6 Å². The summed E-state index contributed by atoms with van der Waals surface area (Å²) in [5.41, 5.74) is 0.808. The Bertz CT molecular complexity index is 1090. The number of nitro benzene ring substituents is 1. The van der Waals surface area contributed by atoms with Crippen molar-refractivity contribution in [3.63, 3.8) is 0 Å². The van der Waals surface area contributed by atoms with Gasteiger partial charge in [0.1, 0.15) is 11.9 Å². The predicted octanol–water partition coefficient (Wildman–Crippen LogP) is 3.39. The number of carbonyl (C=O) groups is 2. The molecule has 1 fully saturated rings. The number of nitro groups is 1. The van der Waals surface area contributed by atoms with Crippen molar-refractivity contribution >= 4 is 23.2 Å². The second-order valence-corrected chi connectivity index (χ2v) is 7.88. The van der Waals surface area contributed by atoms with Crippen LogP contribution >= 0.6 is 0 Å². The summed E-state index contributed by atoms with van der Waals surface area (Å²) < 4.78 is 11.2. The zero-order valence-corrected chi connectivity index (χ0v) is 16.2. The van der Waals surface area contributed by atoms with Crippen molar-refractivity contribution in [3.8, 4) is 0 Å². The smallest absolute Gasteiger partial charge is 0.295 e. The van der Waals surface area contributed by atoms with Gasteiger partial charge in [-0.3, -0.25) is 24.6 Å². The average Bonchev–Trinajstić information content (AvgIpc) is 3.29. The minimum atomic E-state index is -0.770. The number of nitrogens with zero attached hydrogens (tertiary/aromatic N) is 3. The quantitative estimate of drug-likeness (QED) is 0.563. The van der Waals surface area contributed by atoms with Crippen molar-refractivity contribution in [3.05, 3.63) is 63.1 Å². The first kappa shape index (κ1) is 18.5. The van der Waals surface area contributed by atoms with E-state index in [-0.39, 0.29) is 35.1 Å². The Kier molecular flexibility index (Phi) is 4.19. The highest BCUT2D eigenvalue weighted by atomic mass is 16.6. The first-order chi connectivity index (χ1) is 14.5. The summed E-state index contributed by atoms with van der Waals surface area (Å²) in [6, 6.07) is 6.70. The summed E-state index contributed by atoms with van der Waals surface area (Å²) >= 11 is 0. The van der Waals surface area contributed by atoms with Gasteiger partial charge < -0.3 is 9.26 Å². The van der Waals surface area contributed by atoms with Crippen molar-refractivity contribution < 1.29 is 23.8 Å². The van der Waals surface area contributed by atoms with E-state index in [4.69, 9.17) is 9.26 Å². The van der Waals surface area contributed by atoms with Gasteiger partial charge in [-0.15, -0.1) is 0 Å². The summed E-state index contributed by atoms with van der Waals surface area (Å²) in [6.45, 7) is 1.71. The topological polar surface area (TPSA) is 116 Å². The minimum Gasteiger partial charge on any atom is -0.483 e. The standard InChI is InChI=1S/C21H19N3O6/c1-11-10-16(22-30-11)23-18(12-6-8-13(9-7-12)24(27)28)17-19(25)14-4-2-3-5-15(14)29-20(17)21(23)26/h6-10,14-15,18H,2-5H2,1H3. The van der Waals surface area contributed by atoms with Gasteiger partial charge in [0, 0.05) is 18.2 Å². The van der Waals surface area contributed by atoms with Gasteiger partial charge in [-0.2, -0.15) is 0 Å². The van der Waals surface area contributed by atoms with Crippen LogP contribution in [0, 0.1) is 23.0 Å². The Morgan fingerprint density at radius 2 is 1.90 bits per heavy atom. The number of aryl methyl sites for hydroxylation is 1. The monoisotopic (exact) mass is 409 g/mol. The van der Waals surface area contributed by atoms with Gasteiger partial charge in [-0.05, 0) is 43.9 Å². The molecule has 9 heteroatoms. The lowest BCUT2D eigenvalue weighted by Gasteiger charge is -2.35. The second kappa shape index (κ2) is 6.79. The highest BCUT2D eigenvalue weighted by molar-refractivity contribution is 6.17. The number of amides is 1. The lowest BCUT2D eigenvalue weighted by atomic mass is 9.77. The second-order valence-electron chi connectivity index (χ2n) is 7.88. The van der Waals surface area contributed by atoms with Crippen LogP contribution in [0.25, 0.3) is 0 Å². The molecule has 0 N–H and O–H groups in total. The molecule has 0 saturated heterocycles. The molecule has 1 saturated carbocycles. The summed E-state index contributed by atoms with van der Waals surface area (Å²) in [6.07, 6.45) is 3.09. The molecule has 0 bridgehead atoms. The molecule has 1 amide bonds. The summed E-state index contributed by atoms with van der Waals surface area (Å²) in [5, 5.41) is 15.0. The van der Waals surface area contributed by atoms with Crippen LogP contribution in [-0.2, 0) is 14.3 Å². The molecule has 5 rings (SSSR count). The SMILES string of the molecule is Cc1cc(N2C(=O)C3=C(C(=O)C4CCCCC4O3)C2c2ccc([N+](=O)[O-])cc2)no1. The first-order valence-corrected chi connectivity index (χ1v) is 9.92. The van der Waals surface area contributed by atoms with E-state index in [0.717, 1.165) is 25.7 Å². The third-order valence-corrected chi connectivity index (χ3v) is 6.05. The zero-order valence-electron chi connectivity index (χ0n) is 16.2. The number of fused-ring (bicyclic) bond motifs is 1. The van der Waals surface area contributed by atoms with Crippen LogP contribution in [0.3, 0.4) is 0 Å². The molecular formula is C21H19N3O6. The average molecular weight is 409 g/mol. The maximum atomic E-state index is 13.5. The molecule has 2 aliphatic heterocycles. The van der Waals surface area contributed by atoms with Gasteiger partial charge >= 0.3 is 0 Å². The molecule has 30 heavy (non-hydrogen) atoms. The van der Waals surface area contributed by atoms with E-state index < -0.39 is 16.9 Å². The van der Waals surface area contributed by atoms with Crippen molar-refractivity contribution in [1.82, 2.24) is 5.16 Å². The number of anilines is 1. The van der Waals surface area contributed by atoms with E-state index >= 15 is 0 Å². The molecule has 1 aromatic carbocycles. The molecular weight excluding hydrogens is 390 g/mol. The molecule has 3 atom stereocenters. The lowest BCUT2D eigenvalue weighted by Crippen LogP contribution is -2.39. The maximum absolute atomic E-state index is 13.5. The molecule has 3 unspecified atom stereocenters. The Balaban J connectivity index is 1.64. The zero-order chi connectivity index (χ0) is 21.0. The molecule has 1 aromatic heterocycles. The third-order valence-electron chi connectivity index (χ3n) is 6.05. The number of non-ortho nitro benzene ring substituents is 1. The molecule has 0 spiro atoms. The first-order valence-electron chi connectivity index (χ1n) is 9.92. The van der Waals surface area contributed by atoms with Crippen LogP contribution in [0.1, 0.15) is 43.0 Å². The Labute approximate surface area is 171 Å². The molecule has 0 radical (unpaired) electrons. The lowest BCUT2D eigenvalue weighted by molar-refractivity contribution is -0.384. The Morgan fingerprint density at radius 1 is 1.17 bits per heavy atom. The van der Waals surface area contributed by atoms with Crippen LogP contribution in [0.15, 0.2) is 46.2 Å². The van der Waals surface area contributed by atoms with Crippen molar-refractivity contribution in [2.75, 3.05) is 4.90 Å². The van der Waals surface area contributed by atoms with Crippen molar-refractivity contribution in [1.29, 1.82) is 0 Å². The van der Waals surface area contributed by atoms with Crippen LogP contribution in [0.5, 0.6) is 0 Å². The molecule has 3 aliphatic rings. The molecule has 9 nitrogen and oxygen atoms in total. The van der Waals surface area contributed by atoms with E-state index in [9.17, 15) is 19.7 Å². The van der Waals surface area contributed by atoms with Crippen LogP contribution in [0.2, 0.25) is 0 Å². The number of rotatable bonds is 3. The fraction of sp³-hybridized carbons (Fsp3) is 0.381. The fourth-order valence-corrected chi connectivity index (χ4v) is 4.64. The molecule has 1 aliphatic carbocycles. The van der Waals surface area contributed by atoms with Gasteiger partial charge in [0.2, 0.25) is 0 Å². The predicted molar refractivity (Wildman–Crippen MR) is 103 cm³/mol. The molecule has 2 aromatic rings. The van der Waals surface area contributed by atoms with E-state index in [1.165, 1.54) is 17.0 Å². The summed E-state index contributed by atoms with van der Waals surface area (Å²) in [4.78, 5) is 38.7. The number of benzene rings is 1. The van der Waals surface area contributed by atoms with Crippen molar-refractivity contribution in [2.24, 2.45) is 5.92 Å². The van der Waals surface area contributed by atoms with E-state index in [0.29, 0.717) is 16.9 Å². The Hall–Kier alpha value is -3.49. The number of hydrogen-bond donors (Lipinski definition) is 0. The summed E-state index contributed by atoms with van der Waals surface area (Å²) in [7, 11) is 0. The normalized spacial score (nSPS) is 25.8. The van der Waals surface area contributed by atoms with E-state index in [1.54, 1.807) is 25.1 Å². The van der Waals surface area contributed by atoms with Crippen LogP contribution < -0.4 is 4.90 Å². The van der Waals surface area contributed by atoms with Crippen LogP contribution in [-0.4, -0.2) is 27.9 Å². The number of aromatic nitrogens is 1. The van der Waals surface area contributed by atoms with Gasteiger partial charge in [-0.1, -0.05) is 11.6 Å². The molecule has 3 heterocycles. The summed E-state index contributed by atoms with van der Waals surface area (Å²) in [5.74, 6) is 0.0528. The Morgan fingerprint density at radius 3 is 2.57 bits per heavy atom. The fourth-order valence-electron chi connectivity index (χ4n) is 4.64. The number of ether oxygens (including phenoxy) is 1. The molecule has 154 valence electrons. The van der Waals surface area contributed by atoms with E-state index in [1.807, 2.05) is 0 Å². The number of carbonyl (C=O) groups excluding carboxylic acids is 2. The highest BCUT2D eigenvalue weighted by Crippen LogP contribution is 2.48. The van der Waals surface area contributed by atoms with Crippen LogP contribution in [0.4, 0.5) is 11.5 Å².